The standard InChI is InChI=1S/C11H15N3O/c1-15-10-4-2-9(3-5-10)11(8-12)13-6-7-14-11/h2-7,13-14H,8,12H2,1H3. The third-order valence-corrected chi connectivity index (χ3v) is 2.63. The minimum Gasteiger partial charge on any atom is -0.497 e. The molecule has 0 fully saturated rings. The fourth-order valence-electron chi connectivity index (χ4n) is 1.69. The monoisotopic (exact) mass is 205 g/mol. The van der Waals surface area contributed by atoms with Crippen molar-refractivity contribution >= 4 is 0 Å². The molecule has 1 aromatic carbocycles. The summed E-state index contributed by atoms with van der Waals surface area (Å²) in [6.07, 6.45) is 3.72. The first-order chi connectivity index (χ1) is 7.30. The second-order valence-corrected chi connectivity index (χ2v) is 3.46. The fourth-order valence-corrected chi connectivity index (χ4v) is 1.69. The van der Waals surface area contributed by atoms with E-state index < -0.39 is 0 Å². The molecule has 4 nitrogen and oxygen atoms in total. The van der Waals surface area contributed by atoms with Gasteiger partial charge in [0, 0.05) is 18.9 Å². The minimum absolute atomic E-state index is 0.369. The summed E-state index contributed by atoms with van der Waals surface area (Å²) in [7, 11) is 1.65. The largest absolute Gasteiger partial charge is 0.497 e. The number of hydrogen-bond donors (Lipinski definition) is 3. The Hall–Kier alpha value is -1.68. The summed E-state index contributed by atoms with van der Waals surface area (Å²) in [5, 5.41) is 6.43. The Morgan fingerprint density at radius 3 is 2.27 bits per heavy atom. The average molecular weight is 205 g/mol. The summed E-state index contributed by atoms with van der Waals surface area (Å²) < 4.78 is 5.11. The van der Waals surface area contributed by atoms with E-state index in [2.05, 4.69) is 10.6 Å². The molecular formula is C11H15N3O. The van der Waals surface area contributed by atoms with E-state index in [0.717, 1.165) is 11.3 Å². The second-order valence-electron chi connectivity index (χ2n) is 3.46. The predicted octanol–water partition coefficient (Wildman–Crippen LogP) is 0.471. The molecule has 0 bridgehead atoms. The fraction of sp³-hybridized carbons (Fsp3) is 0.273. The highest BCUT2D eigenvalue weighted by Crippen LogP contribution is 2.22. The van der Waals surface area contributed by atoms with Crippen LogP contribution < -0.4 is 21.1 Å². The quantitative estimate of drug-likeness (QED) is 0.671. The van der Waals surface area contributed by atoms with Gasteiger partial charge in [-0.15, -0.1) is 0 Å². The molecule has 1 aliphatic heterocycles. The molecule has 1 aliphatic rings. The topological polar surface area (TPSA) is 59.3 Å². The molecule has 0 radical (unpaired) electrons. The van der Waals surface area contributed by atoms with Crippen molar-refractivity contribution in [2.45, 2.75) is 5.66 Å². The molecule has 15 heavy (non-hydrogen) atoms. The van der Waals surface area contributed by atoms with Crippen molar-refractivity contribution in [1.82, 2.24) is 10.6 Å². The van der Waals surface area contributed by atoms with Crippen LogP contribution >= 0.6 is 0 Å². The van der Waals surface area contributed by atoms with Crippen LogP contribution in [0.1, 0.15) is 5.56 Å². The van der Waals surface area contributed by atoms with Crippen LogP contribution in [0.2, 0.25) is 0 Å². The Bertz CT molecular complexity index is 351. The lowest BCUT2D eigenvalue weighted by molar-refractivity contribution is 0.367. The van der Waals surface area contributed by atoms with Crippen LogP contribution in [0.15, 0.2) is 36.7 Å². The maximum atomic E-state index is 5.78. The Labute approximate surface area is 89.1 Å². The lowest BCUT2D eigenvalue weighted by atomic mass is 10.0. The van der Waals surface area contributed by atoms with Crippen molar-refractivity contribution in [3.8, 4) is 5.75 Å². The molecule has 4 N–H and O–H groups in total. The van der Waals surface area contributed by atoms with Crippen molar-refractivity contribution in [3.05, 3.63) is 42.2 Å². The first-order valence-corrected chi connectivity index (χ1v) is 4.86. The van der Waals surface area contributed by atoms with Gasteiger partial charge in [-0.2, -0.15) is 0 Å². The third-order valence-electron chi connectivity index (χ3n) is 2.63. The van der Waals surface area contributed by atoms with Crippen LogP contribution in [0.25, 0.3) is 0 Å². The summed E-state index contributed by atoms with van der Waals surface area (Å²) in [5.74, 6) is 0.844. The first-order valence-electron chi connectivity index (χ1n) is 4.86. The van der Waals surface area contributed by atoms with Gasteiger partial charge in [0.1, 0.15) is 11.4 Å². The predicted molar refractivity (Wildman–Crippen MR) is 59.1 cm³/mol. The SMILES string of the molecule is COc1ccc(C2(CN)NC=CN2)cc1. The molecule has 0 amide bonds. The maximum Gasteiger partial charge on any atom is 0.146 e. The molecular weight excluding hydrogens is 190 g/mol. The van der Waals surface area contributed by atoms with Crippen LogP contribution in [0, 0.1) is 0 Å². The molecule has 0 unspecified atom stereocenters. The highest BCUT2D eigenvalue weighted by molar-refractivity contribution is 5.33. The zero-order valence-electron chi connectivity index (χ0n) is 8.66. The summed E-state index contributed by atoms with van der Waals surface area (Å²) in [4.78, 5) is 0. The van der Waals surface area contributed by atoms with E-state index in [1.165, 1.54) is 0 Å². The van der Waals surface area contributed by atoms with E-state index >= 15 is 0 Å². The smallest absolute Gasteiger partial charge is 0.146 e. The summed E-state index contributed by atoms with van der Waals surface area (Å²) in [6.45, 7) is 0.479. The maximum absolute atomic E-state index is 5.78. The number of rotatable bonds is 3. The van der Waals surface area contributed by atoms with E-state index in [1.807, 2.05) is 36.7 Å². The van der Waals surface area contributed by atoms with Crippen molar-refractivity contribution in [3.63, 3.8) is 0 Å². The zero-order valence-corrected chi connectivity index (χ0v) is 8.66. The average Bonchev–Trinajstić information content (AvgIpc) is 2.79. The summed E-state index contributed by atoms with van der Waals surface area (Å²) in [6, 6.07) is 7.85. The number of benzene rings is 1. The van der Waals surface area contributed by atoms with Gasteiger partial charge in [0.2, 0.25) is 0 Å². The number of nitrogens with one attached hydrogen (secondary N) is 2. The third kappa shape index (κ3) is 1.64. The summed E-state index contributed by atoms with van der Waals surface area (Å²) in [5.41, 5.74) is 6.50. The van der Waals surface area contributed by atoms with Crippen LogP contribution in [-0.4, -0.2) is 13.7 Å². The van der Waals surface area contributed by atoms with Crippen molar-refractivity contribution in [1.29, 1.82) is 0 Å². The van der Waals surface area contributed by atoms with Gasteiger partial charge in [0.05, 0.1) is 7.11 Å². The normalized spacial score (nSPS) is 16.9. The van der Waals surface area contributed by atoms with Crippen molar-refractivity contribution in [2.24, 2.45) is 5.73 Å². The lowest BCUT2D eigenvalue weighted by Crippen LogP contribution is -2.51. The van der Waals surface area contributed by atoms with Gasteiger partial charge in [-0.3, -0.25) is 0 Å². The van der Waals surface area contributed by atoms with Crippen LogP contribution in [0.4, 0.5) is 0 Å². The molecule has 1 heterocycles. The van der Waals surface area contributed by atoms with Crippen molar-refractivity contribution < 1.29 is 4.74 Å². The molecule has 0 saturated heterocycles. The molecule has 80 valence electrons. The number of methoxy groups -OCH3 is 1. The Morgan fingerprint density at radius 2 is 1.80 bits per heavy atom. The van der Waals surface area contributed by atoms with Gasteiger partial charge >= 0.3 is 0 Å². The van der Waals surface area contributed by atoms with Crippen molar-refractivity contribution in [2.75, 3.05) is 13.7 Å². The molecule has 0 aliphatic carbocycles. The zero-order chi connectivity index (χ0) is 10.7. The van der Waals surface area contributed by atoms with Gasteiger partial charge in [0.25, 0.3) is 0 Å². The van der Waals surface area contributed by atoms with Gasteiger partial charge in [0.15, 0.2) is 0 Å². The number of hydrogen-bond acceptors (Lipinski definition) is 4. The van der Waals surface area contributed by atoms with Gasteiger partial charge in [-0.05, 0) is 17.7 Å². The van der Waals surface area contributed by atoms with E-state index in [1.54, 1.807) is 7.11 Å². The molecule has 0 spiro atoms. The van der Waals surface area contributed by atoms with Gasteiger partial charge in [-0.1, -0.05) is 12.1 Å². The highest BCUT2D eigenvalue weighted by atomic mass is 16.5. The Kier molecular flexibility index (Phi) is 2.51. The molecule has 4 heteroatoms. The molecule has 0 atom stereocenters. The lowest BCUT2D eigenvalue weighted by Gasteiger charge is -2.29. The van der Waals surface area contributed by atoms with Crippen LogP contribution in [-0.2, 0) is 5.66 Å². The summed E-state index contributed by atoms with van der Waals surface area (Å²) >= 11 is 0. The molecule has 0 saturated carbocycles. The van der Waals surface area contributed by atoms with Gasteiger partial charge in [-0.25, -0.2) is 0 Å². The Balaban J connectivity index is 2.27. The molecule has 1 aromatic rings. The van der Waals surface area contributed by atoms with Crippen LogP contribution in [0.3, 0.4) is 0 Å². The highest BCUT2D eigenvalue weighted by Gasteiger charge is 2.30. The van der Waals surface area contributed by atoms with E-state index in [-0.39, 0.29) is 5.66 Å². The molecule has 2 rings (SSSR count). The van der Waals surface area contributed by atoms with Crippen LogP contribution in [0.5, 0.6) is 5.75 Å². The molecule has 0 aromatic heterocycles. The first kappa shape index (κ1) is 9.86. The Morgan fingerprint density at radius 1 is 1.20 bits per heavy atom. The van der Waals surface area contributed by atoms with E-state index in [4.69, 9.17) is 10.5 Å². The number of nitrogens with two attached hydrogens (primary N) is 1. The van der Waals surface area contributed by atoms with E-state index in [9.17, 15) is 0 Å². The number of ether oxygens (including phenoxy) is 1. The van der Waals surface area contributed by atoms with E-state index in [0.29, 0.717) is 6.54 Å². The van der Waals surface area contributed by atoms with Gasteiger partial charge < -0.3 is 21.1 Å². The second kappa shape index (κ2) is 3.82. The minimum atomic E-state index is -0.369.